The lowest BCUT2D eigenvalue weighted by Crippen LogP contribution is -2.48. The first-order valence-electron chi connectivity index (χ1n) is 7.73. The van der Waals surface area contributed by atoms with Crippen molar-refractivity contribution in [1.29, 1.82) is 0 Å². The van der Waals surface area contributed by atoms with Crippen molar-refractivity contribution >= 4 is 25.8 Å². The van der Waals surface area contributed by atoms with E-state index in [1.165, 1.54) is 9.21 Å². The molecule has 0 bridgehead atoms. The van der Waals surface area contributed by atoms with Gasteiger partial charge in [0, 0.05) is 45.7 Å². The van der Waals surface area contributed by atoms with E-state index < -0.39 is 19.9 Å². The summed E-state index contributed by atoms with van der Waals surface area (Å²) >= 11 is 0. The first-order chi connectivity index (χ1) is 10.6. The number of carbonyl (C=O) groups is 1. The molecule has 2 fully saturated rings. The molecule has 23 heavy (non-hydrogen) atoms. The Morgan fingerprint density at radius 1 is 1.22 bits per heavy atom. The largest absolute Gasteiger partial charge is 0.342 e. The average molecular weight is 367 g/mol. The first-order valence-corrected chi connectivity index (χ1v) is 11.2. The Labute approximate surface area is 138 Å². The number of hydrogen-bond donors (Lipinski definition) is 0. The molecule has 1 amide bonds. The van der Waals surface area contributed by atoms with Gasteiger partial charge in [0.1, 0.15) is 0 Å². The Bertz CT molecular complexity index is 639. The minimum Gasteiger partial charge on any atom is -0.342 e. The molecule has 2 saturated heterocycles. The van der Waals surface area contributed by atoms with Crippen LogP contribution in [0.5, 0.6) is 0 Å². The predicted octanol–water partition coefficient (Wildman–Crippen LogP) is -1.40. The maximum Gasteiger partial charge on any atom is 0.223 e. The summed E-state index contributed by atoms with van der Waals surface area (Å²) in [6.07, 6.45) is 0.317. The molecular weight excluding hydrogens is 342 g/mol. The summed E-state index contributed by atoms with van der Waals surface area (Å²) < 4.78 is 48.9. The summed E-state index contributed by atoms with van der Waals surface area (Å²) in [6, 6.07) is -0.334. The van der Waals surface area contributed by atoms with Gasteiger partial charge in [-0.25, -0.2) is 16.8 Å². The van der Waals surface area contributed by atoms with Gasteiger partial charge in [-0.1, -0.05) is 0 Å². The molecule has 0 aromatic heterocycles. The number of carbonyl (C=O) groups excluding carboxylic acids is 1. The van der Waals surface area contributed by atoms with Crippen LogP contribution in [0.2, 0.25) is 0 Å². The Balaban J connectivity index is 1.86. The molecule has 8 nitrogen and oxygen atoms in total. The summed E-state index contributed by atoms with van der Waals surface area (Å²) in [5.74, 6) is -0.473. The van der Waals surface area contributed by atoms with Gasteiger partial charge in [-0.2, -0.15) is 4.31 Å². The van der Waals surface area contributed by atoms with Crippen molar-refractivity contribution in [2.75, 3.05) is 57.5 Å². The second-order valence-electron chi connectivity index (χ2n) is 6.33. The highest BCUT2D eigenvalue weighted by atomic mass is 32.2. The van der Waals surface area contributed by atoms with Crippen LogP contribution < -0.4 is 0 Å². The van der Waals surface area contributed by atoms with Crippen LogP contribution in [0, 0.1) is 0 Å². The summed E-state index contributed by atoms with van der Waals surface area (Å²) in [7, 11) is -3.01. The van der Waals surface area contributed by atoms with Crippen LogP contribution in [-0.2, 0) is 24.7 Å². The molecule has 0 spiro atoms. The Morgan fingerprint density at radius 2 is 1.83 bits per heavy atom. The number of nitrogens with zero attached hydrogens (tertiary/aromatic N) is 3. The number of sulfonamides is 1. The molecule has 0 N–H and O–H groups in total. The fourth-order valence-corrected chi connectivity index (χ4v) is 6.06. The molecule has 2 aliphatic heterocycles. The zero-order valence-corrected chi connectivity index (χ0v) is 15.3. The number of hydrogen-bond acceptors (Lipinski definition) is 6. The van der Waals surface area contributed by atoms with Crippen LogP contribution in [0.25, 0.3) is 0 Å². The third-order valence-corrected chi connectivity index (χ3v) is 8.20. The molecule has 2 aliphatic rings. The second-order valence-corrected chi connectivity index (χ2v) is 10.6. The molecule has 0 saturated carbocycles. The first kappa shape index (κ1) is 18.6. The SMILES string of the molecule is CN1CCN(S(=O)(=O)CCC(=O)N(C)C2CCS(=O)(=O)C2)CC1. The number of piperazine rings is 1. The molecule has 1 unspecified atom stereocenters. The minimum atomic E-state index is -3.44. The van der Waals surface area contributed by atoms with Crippen molar-refractivity contribution in [3.63, 3.8) is 0 Å². The third kappa shape index (κ3) is 4.88. The molecule has 2 heterocycles. The van der Waals surface area contributed by atoms with Crippen molar-refractivity contribution in [3.05, 3.63) is 0 Å². The van der Waals surface area contributed by atoms with E-state index in [0.29, 0.717) is 32.6 Å². The van der Waals surface area contributed by atoms with Crippen molar-refractivity contribution < 1.29 is 21.6 Å². The monoisotopic (exact) mass is 367 g/mol. The molecule has 2 rings (SSSR count). The van der Waals surface area contributed by atoms with Crippen molar-refractivity contribution in [3.8, 4) is 0 Å². The van der Waals surface area contributed by atoms with Gasteiger partial charge in [-0.05, 0) is 13.5 Å². The molecule has 1 atom stereocenters. The van der Waals surface area contributed by atoms with E-state index in [1.807, 2.05) is 7.05 Å². The van der Waals surface area contributed by atoms with Gasteiger partial charge < -0.3 is 9.80 Å². The number of rotatable bonds is 5. The van der Waals surface area contributed by atoms with Crippen LogP contribution in [0.4, 0.5) is 0 Å². The molecule has 0 aromatic rings. The zero-order valence-electron chi connectivity index (χ0n) is 13.6. The smallest absolute Gasteiger partial charge is 0.223 e. The number of likely N-dealkylation sites (N-methyl/N-ethyl adjacent to an activating group) is 1. The Kier molecular flexibility index (Phi) is 5.70. The topological polar surface area (TPSA) is 95.1 Å². The van der Waals surface area contributed by atoms with E-state index in [1.54, 1.807) is 7.05 Å². The van der Waals surface area contributed by atoms with E-state index in [9.17, 15) is 21.6 Å². The van der Waals surface area contributed by atoms with E-state index >= 15 is 0 Å². The van der Waals surface area contributed by atoms with Crippen LogP contribution in [-0.4, -0.2) is 100 Å². The van der Waals surface area contributed by atoms with Crippen molar-refractivity contribution in [1.82, 2.24) is 14.1 Å². The van der Waals surface area contributed by atoms with Crippen LogP contribution in [0.3, 0.4) is 0 Å². The summed E-state index contributed by atoms with van der Waals surface area (Å²) in [5.41, 5.74) is 0. The van der Waals surface area contributed by atoms with Crippen LogP contribution in [0.1, 0.15) is 12.8 Å². The molecular formula is C13H25N3O5S2. The minimum absolute atomic E-state index is 0.0273. The lowest BCUT2D eigenvalue weighted by molar-refractivity contribution is -0.131. The maximum atomic E-state index is 12.3. The zero-order chi connectivity index (χ0) is 17.3. The standard InChI is InChI=1S/C13H25N3O5S2/c1-14-5-7-16(8-6-14)23(20,21)10-4-13(17)15(2)12-3-9-22(18,19)11-12/h12H,3-11H2,1-2H3. The van der Waals surface area contributed by atoms with Crippen molar-refractivity contribution in [2.24, 2.45) is 0 Å². The van der Waals surface area contributed by atoms with Crippen LogP contribution >= 0.6 is 0 Å². The highest BCUT2D eigenvalue weighted by Gasteiger charge is 2.33. The average Bonchev–Trinajstić information content (AvgIpc) is 2.84. The molecule has 0 aliphatic carbocycles. The fourth-order valence-electron chi connectivity index (χ4n) is 2.87. The van der Waals surface area contributed by atoms with E-state index in [4.69, 9.17) is 0 Å². The lowest BCUT2D eigenvalue weighted by atomic mass is 10.2. The molecule has 0 aromatic carbocycles. The van der Waals surface area contributed by atoms with E-state index in [0.717, 1.165) is 0 Å². The quantitative estimate of drug-likeness (QED) is 0.593. The Morgan fingerprint density at radius 3 is 2.35 bits per heavy atom. The van der Waals surface area contributed by atoms with Crippen molar-refractivity contribution in [2.45, 2.75) is 18.9 Å². The van der Waals surface area contributed by atoms with Gasteiger partial charge in [-0.3, -0.25) is 4.79 Å². The van der Waals surface area contributed by atoms with Crippen LogP contribution in [0.15, 0.2) is 0 Å². The normalized spacial score (nSPS) is 26.3. The highest BCUT2D eigenvalue weighted by molar-refractivity contribution is 7.91. The third-order valence-electron chi connectivity index (χ3n) is 4.58. The van der Waals surface area contributed by atoms with Gasteiger partial charge in [0.05, 0.1) is 17.3 Å². The molecule has 10 heteroatoms. The Hall–Kier alpha value is -0.710. The molecule has 134 valence electrons. The van der Waals surface area contributed by atoms with E-state index in [-0.39, 0.29) is 35.6 Å². The fraction of sp³-hybridized carbons (Fsp3) is 0.923. The number of sulfone groups is 1. The van der Waals surface area contributed by atoms with E-state index in [2.05, 4.69) is 4.90 Å². The summed E-state index contributed by atoms with van der Waals surface area (Å²) in [4.78, 5) is 15.6. The van der Waals surface area contributed by atoms with Gasteiger partial charge in [0.2, 0.25) is 15.9 Å². The second kappa shape index (κ2) is 7.04. The number of amides is 1. The van der Waals surface area contributed by atoms with Gasteiger partial charge in [0.25, 0.3) is 0 Å². The van der Waals surface area contributed by atoms with Gasteiger partial charge in [-0.15, -0.1) is 0 Å². The van der Waals surface area contributed by atoms with Gasteiger partial charge >= 0.3 is 0 Å². The summed E-state index contributed by atoms with van der Waals surface area (Å²) in [6.45, 7) is 2.27. The molecule has 0 radical (unpaired) electrons. The highest BCUT2D eigenvalue weighted by Crippen LogP contribution is 2.17. The summed E-state index contributed by atoms with van der Waals surface area (Å²) in [5, 5.41) is 0. The lowest BCUT2D eigenvalue weighted by Gasteiger charge is -2.31. The maximum absolute atomic E-state index is 12.3. The predicted molar refractivity (Wildman–Crippen MR) is 87.3 cm³/mol. The van der Waals surface area contributed by atoms with Gasteiger partial charge in [0.15, 0.2) is 9.84 Å².